The van der Waals surface area contributed by atoms with Crippen LogP contribution in [0.2, 0.25) is 0 Å². The van der Waals surface area contributed by atoms with Gasteiger partial charge in [0.05, 0.1) is 17.1 Å². The number of hydrogen-bond donors (Lipinski definition) is 0. The molecule has 20 heavy (non-hydrogen) atoms. The molecule has 2 heterocycles. The molecule has 1 aromatic heterocycles. The smallest absolute Gasteiger partial charge is 0.255 e. The van der Waals surface area contributed by atoms with E-state index in [1.165, 1.54) is 6.20 Å². The molecule has 0 N–H and O–H groups in total. The lowest BCUT2D eigenvalue weighted by Crippen LogP contribution is -2.41. The van der Waals surface area contributed by atoms with E-state index in [4.69, 9.17) is 0 Å². The van der Waals surface area contributed by atoms with E-state index >= 15 is 0 Å². The lowest BCUT2D eigenvalue weighted by Gasteiger charge is -2.28. The Hall–Kier alpha value is -0.950. The minimum atomic E-state index is -3.00. The molecule has 0 aliphatic carbocycles. The molecule has 1 saturated heterocycles. The Morgan fingerprint density at radius 2 is 2.25 bits per heavy atom. The number of halogens is 1. The predicted octanol–water partition coefficient (Wildman–Crippen LogP) is 1.88. The summed E-state index contributed by atoms with van der Waals surface area (Å²) in [5, 5.41) is 0. The highest BCUT2D eigenvalue weighted by atomic mass is 79.9. The second-order valence-electron chi connectivity index (χ2n) is 4.95. The number of pyridine rings is 1. The van der Waals surface area contributed by atoms with E-state index in [9.17, 15) is 13.2 Å². The van der Waals surface area contributed by atoms with Crippen LogP contribution in [0, 0.1) is 0 Å². The molecule has 110 valence electrons. The van der Waals surface area contributed by atoms with Crippen molar-refractivity contribution in [3.05, 3.63) is 28.5 Å². The van der Waals surface area contributed by atoms with Gasteiger partial charge in [-0.05, 0) is 34.8 Å². The number of sulfone groups is 1. The third-order valence-electron chi connectivity index (χ3n) is 3.33. The lowest BCUT2D eigenvalue weighted by atomic mass is 10.1. The van der Waals surface area contributed by atoms with Gasteiger partial charge in [0.15, 0.2) is 9.84 Å². The van der Waals surface area contributed by atoms with E-state index in [-0.39, 0.29) is 23.5 Å². The maximum absolute atomic E-state index is 12.6. The SMILES string of the molecule is CCCN(C(=O)c1cncc(Br)c1)[C@H]1CCS(=O)(=O)C1. The van der Waals surface area contributed by atoms with Crippen LogP contribution in [0.1, 0.15) is 30.1 Å². The fraction of sp³-hybridized carbons (Fsp3) is 0.538. The van der Waals surface area contributed by atoms with Crippen LogP contribution in [0.15, 0.2) is 22.9 Å². The number of carbonyl (C=O) groups is 1. The Bertz CT molecular complexity index is 603. The topological polar surface area (TPSA) is 67.3 Å². The van der Waals surface area contributed by atoms with Crippen molar-refractivity contribution in [2.24, 2.45) is 0 Å². The molecule has 0 aromatic carbocycles. The van der Waals surface area contributed by atoms with Crippen LogP contribution in [0.5, 0.6) is 0 Å². The van der Waals surface area contributed by atoms with Gasteiger partial charge in [-0.15, -0.1) is 0 Å². The van der Waals surface area contributed by atoms with Gasteiger partial charge >= 0.3 is 0 Å². The number of amides is 1. The molecule has 1 aromatic rings. The van der Waals surface area contributed by atoms with E-state index in [1.807, 2.05) is 6.92 Å². The molecule has 7 heteroatoms. The van der Waals surface area contributed by atoms with Gasteiger partial charge in [-0.3, -0.25) is 9.78 Å². The van der Waals surface area contributed by atoms with Gasteiger partial charge in [0.25, 0.3) is 5.91 Å². The highest BCUT2D eigenvalue weighted by Gasteiger charge is 2.34. The summed E-state index contributed by atoms with van der Waals surface area (Å²) in [6.45, 7) is 2.54. The molecule has 5 nitrogen and oxygen atoms in total. The minimum absolute atomic E-state index is 0.0696. The third kappa shape index (κ3) is 3.58. The van der Waals surface area contributed by atoms with Crippen LogP contribution in [0.3, 0.4) is 0 Å². The Kier molecular flexibility index (Phi) is 4.80. The van der Waals surface area contributed by atoms with Crippen molar-refractivity contribution >= 4 is 31.7 Å². The summed E-state index contributed by atoms with van der Waals surface area (Å²) < 4.78 is 23.9. The van der Waals surface area contributed by atoms with Crippen LogP contribution in [0.25, 0.3) is 0 Å². The number of nitrogens with zero attached hydrogens (tertiary/aromatic N) is 2. The molecular formula is C13H17BrN2O3S. The molecule has 0 bridgehead atoms. The summed E-state index contributed by atoms with van der Waals surface area (Å²) in [5.41, 5.74) is 0.483. The zero-order chi connectivity index (χ0) is 14.8. The maximum Gasteiger partial charge on any atom is 0.255 e. The first kappa shape index (κ1) is 15.4. The van der Waals surface area contributed by atoms with Crippen molar-refractivity contribution in [2.75, 3.05) is 18.1 Å². The van der Waals surface area contributed by atoms with E-state index in [0.29, 0.717) is 18.5 Å². The average Bonchev–Trinajstić information content (AvgIpc) is 2.75. The van der Waals surface area contributed by atoms with Gasteiger partial charge in [0.2, 0.25) is 0 Å². The molecule has 1 fully saturated rings. The number of aromatic nitrogens is 1. The Balaban J connectivity index is 2.22. The lowest BCUT2D eigenvalue weighted by molar-refractivity contribution is 0.0696. The number of hydrogen-bond acceptors (Lipinski definition) is 4. The van der Waals surface area contributed by atoms with Gasteiger partial charge < -0.3 is 4.90 Å². The Labute approximate surface area is 127 Å². The summed E-state index contributed by atoms with van der Waals surface area (Å²) in [5.74, 6) is 0.0879. The standard InChI is InChI=1S/C13H17BrN2O3S/c1-2-4-16(12-3-5-20(18,19)9-12)13(17)10-6-11(14)8-15-7-10/h6-8,12H,2-5,9H2,1H3/t12-/m0/s1. The first-order chi connectivity index (χ1) is 9.43. The molecule has 1 atom stereocenters. The monoisotopic (exact) mass is 360 g/mol. The highest BCUT2D eigenvalue weighted by molar-refractivity contribution is 9.10. The van der Waals surface area contributed by atoms with E-state index in [0.717, 1.165) is 10.9 Å². The van der Waals surface area contributed by atoms with Gasteiger partial charge in [-0.25, -0.2) is 8.42 Å². The molecule has 0 saturated carbocycles. The van der Waals surface area contributed by atoms with E-state index < -0.39 is 9.84 Å². The second-order valence-corrected chi connectivity index (χ2v) is 8.09. The second kappa shape index (κ2) is 6.22. The van der Waals surface area contributed by atoms with E-state index in [2.05, 4.69) is 20.9 Å². The molecule has 2 rings (SSSR count). The average molecular weight is 361 g/mol. The van der Waals surface area contributed by atoms with Gasteiger partial charge in [0.1, 0.15) is 0 Å². The third-order valence-corrected chi connectivity index (χ3v) is 5.51. The first-order valence-corrected chi connectivity index (χ1v) is 9.16. The summed E-state index contributed by atoms with van der Waals surface area (Å²) in [4.78, 5) is 18.2. The highest BCUT2D eigenvalue weighted by Crippen LogP contribution is 2.21. The van der Waals surface area contributed by atoms with Crippen molar-refractivity contribution in [2.45, 2.75) is 25.8 Å². The fourth-order valence-electron chi connectivity index (χ4n) is 2.41. The largest absolute Gasteiger partial charge is 0.335 e. The molecule has 1 aliphatic rings. The van der Waals surface area contributed by atoms with Crippen molar-refractivity contribution < 1.29 is 13.2 Å². The molecule has 0 spiro atoms. The van der Waals surface area contributed by atoms with Crippen LogP contribution < -0.4 is 0 Å². The number of carbonyl (C=O) groups excluding carboxylic acids is 1. The van der Waals surface area contributed by atoms with Gasteiger partial charge in [-0.1, -0.05) is 6.92 Å². The normalized spacial score (nSPS) is 20.8. The van der Waals surface area contributed by atoms with Crippen LogP contribution in [-0.4, -0.2) is 48.3 Å². The van der Waals surface area contributed by atoms with Crippen LogP contribution in [-0.2, 0) is 9.84 Å². The van der Waals surface area contributed by atoms with Gasteiger partial charge in [-0.2, -0.15) is 0 Å². The summed E-state index contributed by atoms with van der Waals surface area (Å²) in [6, 6.07) is 1.49. The molecule has 1 amide bonds. The summed E-state index contributed by atoms with van der Waals surface area (Å²) >= 11 is 3.29. The molecule has 1 aliphatic heterocycles. The minimum Gasteiger partial charge on any atom is -0.335 e. The zero-order valence-corrected chi connectivity index (χ0v) is 13.7. The molecule has 0 radical (unpaired) electrons. The maximum atomic E-state index is 12.6. The van der Waals surface area contributed by atoms with Crippen molar-refractivity contribution in [1.29, 1.82) is 0 Å². The van der Waals surface area contributed by atoms with Crippen molar-refractivity contribution in [1.82, 2.24) is 9.88 Å². The zero-order valence-electron chi connectivity index (χ0n) is 11.3. The fourth-order valence-corrected chi connectivity index (χ4v) is 4.50. The Morgan fingerprint density at radius 1 is 1.50 bits per heavy atom. The van der Waals surface area contributed by atoms with Crippen molar-refractivity contribution in [3.63, 3.8) is 0 Å². The number of rotatable bonds is 4. The van der Waals surface area contributed by atoms with Crippen LogP contribution >= 0.6 is 15.9 Å². The summed E-state index contributed by atoms with van der Waals surface area (Å²) in [7, 11) is -3.00. The summed E-state index contributed by atoms with van der Waals surface area (Å²) in [6.07, 6.45) is 4.44. The van der Waals surface area contributed by atoms with E-state index in [1.54, 1.807) is 17.2 Å². The quantitative estimate of drug-likeness (QED) is 0.821. The molecular weight excluding hydrogens is 344 g/mol. The van der Waals surface area contributed by atoms with Gasteiger partial charge in [0, 0.05) is 29.5 Å². The van der Waals surface area contributed by atoms with Crippen LogP contribution in [0.4, 0.5) is 0 Å². The Morgan fingerprint density at radius 3 is 2.80 bits per heavy atom. The van der Waals surface area contributed by atoms with Crippen molar-refractivity contribution in [3.8, 4) is 0 Å². The first-order valence-electron chi connectivity index (χ1n) is 6.55. The molecule has 0 unspecified atom stereocenters. The predicted molar refractivity (Wildman–Crippen MR) is 80.3 cm³/mol.